The quantitative estimate of drug-likeness (QED) is 0.288. The second-order valence-electron chi connectivity index (χ2n) is 7.18. The number of rotatable bonds is 2. The van der Waals surface area contributed by atoms with Crippen molar-refractivity contribution in [3.63, 3.8) is 0 Å². The topological polar surface area (TPSA) is 41.5 Å². The van der Waals surface area contributed by atoms with Gasteiger partial charge in [-0.1, -0.05) is 60.7 Å². The zero-order valence-electron chi connectivity index (χ0n) is 15.9. The Labute approximate surface area is 176 Å². The molecule has 0 amide bonds. The van der Waals surface area contributed by atoms with Gasteiger partial charge in [-0.15, -0.1) is 0 Å². The van der Waals surface area contributed by atoms with E-state index in [1.807, 2.05) is 91.0 Å². The van der Waals surface area contributed by atoms with Crippen LogP contribution in [0.1, 0.15) is 0 Å². The van der Waals surface area contributed by atoms with Gasteiger partial charge in [0.05, 0.1) is 0 Å². The lowest BCUT2D eigenvalue weighted by Crippen LogP contribution is -2.06. The molecule has 0 radical (unpaired) electrons. The third-order valence-corrected chi connectivity index (χ3v) is 6.76. The Kier molecular flexibility index (Phi) is 3.94. The molecular weight excluding hydrogens is 392 g/mol. The lowest BCUT2D eigenvalue weighted by molar-refractivity contribution is 0.363. The van der Waals surface area contributed by atoms with Gasteiger partial charge < -0.3 is 14.0 Å². The Hall–Kier alpha value is -3.47. The number of hydrogen-bond donors (Lipinski definition) is 0. The molecule has 5 aromatic carbocycles. The maximum Gasteiger partial charge on any atom is 0.178 e. The summed E-state index contributed by atoms with van der Waals surface area (Å²) >= 11 is -1.34. The van der Waals surface area contributed by atoms with Gasteiger partial charge in [0.15, 0.2) is 32.8 Å². The van der Waals surface area contributed by atoms with E-state index >= 15 is 0 Å². The van der Waals surface area contributed by atoms with Crippen molar-refractivity contribution in [1.82, 2.24) is 0 Å². The summed E-state index contributed by atoms with van der Waals surface area (Å²) in [4.78, 5) is 1.47. The summed E-state index contributed by atoms with van der Waals surface area (Å²) in [6.45, 7) is 0. The van der Waals surface area contributed by atoms with Gasteiger partial charge in [-0.25, -0.2) is 0 Å². The molecule has 3 nitrogen and oxygen atoms in total. The summed E-state index contributed by atoms with van der Waals surface area (Å²) in [6.07, 6.45) is 0. The highest BCUT2D eigenvalue weighted by atomic mass is 32.2. The van der Waals surface area contributed by atoms with Crippen LogP contribution in [0.15, 0.2) is 107 Å². The first-order valence-electron chi connectivity index (χ1n) is 9.69. The predicted molar refractivity (Wildman–Crippen MR) is 119 cm³/mol. The molecule has 0 N–H and O–H groups in total. The van der Waals surface area contributed by atoms with Crippen LogP contribution in [-0.4, -0.2) is 4.55 Å². The van der Waals surface area contributed by atoms with Gasteiger partial charge in [-0.3, -0.25) is 0 Å². The van der Waals surface area contributed by atoms with E-state index in [0.29, 0.717) is 27.9 Å². The molecular formula is C26H16O3S. The van der Waals surface area contributed by atoms with Crippen LogP contribution in [-0.2, 0) is 11.2 Å². The summed E-state index contributed by atoms with van der Waals surface area (Å²) in [5, 5.41) is 3.95. The third kappa shape index (κ3) is 2.73. The van der Waals surface area contributed by atoms with Crippen molar-refractivity contribution in [3.8, 4) is 23.0 Å². The van der Waals surface area contributed by atoms with Crippen LogP contribution < -0.4 is 9.47 Å². The van der Waals surface area contributed by atoms with Crippen molar-refractivity contribution in [2.75, 3.05) is 0 Å². The van der Waals surface area contributed by atoms with Crippen molar-refractivity contribution in [2.24, 2.45) is 0 Å². The highest BCUT2D eigenvalue weighted by Gasteiger charge is 2.28. The van der Waals surface area contributed by atoms with E-state index in [2.05, 4.69) is 6.07 Å². The van der Waals surface area contributed by atoms with Crippen LogP contribution in [0, 0.1) is 0 Å². The van der Waals surface area contributed by atoms with Crippen LogP contribution in [0.4, 0.5) is 0 Å². The van der Waals surface area contributed by atoms with Gasteiger partial charge in [0.2, 0.25) is 0 Å². The molecule has 1 heterocycles. The van der Waals surface area contributed by atoms with E-state index in [9.17, 15) is 4.55 Å². The first-order chi connectivity index (χ1) is 14.8. The number of benzene rings is 5. The molecule has 1 unspecified atom stereocenters. The fourth-order valence-corrected chi connectivity index (χ4v) is 5.13. The largest absolute Gasteiger partial charge is 0.606 e. The molecule has 30 heavy (non-hydrogen) atoms. The summed E-state index contributed by atoms with van der Waals surface area (Å²) in [7, 11) is 0. The first kappa shape index (κ1) is 17.4. The molecule has 1 atom stereocenters. The SMILES string of the molecule is [O-][S+](c1ccccc1)c1cc2c(c3ccccc13)Oc1cc3ccccc3cc1O2. The minimum Gasteiger partial charge on any atom is -0.606 e. The van der Waals surface area contributed by atoms with Crippen molar-refractivity contribution in [1.29, 1.82) is 0 Å². The smallest absolute Gasteiger partial charge is 0.178 e. The molecule has 1 aliphatic heterocycles. The predicted octanol–water partition coefficient (Wildman–Crippen LogP) is 7.06. The molecule has 0 saturated carbocycles. The Morgan fingerprint density at radius 1 is 0.567 bits per heavy atom. The maximum absolute atomic E-state index is 13.4. The second-order valence-corrected chi connectivity index (χ2v) is 8.63. The third-order valence-electron chi connectivity index (χ3n) is 5.32. The molecule has 4 heteroatoms. The monoisotopic (exact) mass is 408 g/mol. The molecule has 0 spiro atoms. The lowest BCUT2D eigenvalue weighted by atomic mass is 10.1. The molecule has 1 aliphatic rings. The van der Waals surface area contributed by atoms with E-state index in [1.165, 1.54) is 0 Å². The highest BCUT2D eigenvalue weighted by Crippen LogP contribution is 2.51. The zero-order chi connectivity index (χ0) is 20.1. The van der Waals surface area contributed by atoms with Gasteiger partial charge in [0.25, 0.3) is 0 Å². The maximum atomic E-state index is 13.4. The number of hydrogen-bond acceptors (Lipinski definition) is 3. The average Bonchev–Trinajstić information content (AvgIpc) is 2.81. The summed E-state index contributed by atoms with van der Waals surface area (Å²) in [5.74, 6) is 2.58. The normalized spacial score (nSPS) is 13.2. The van der Waals surface area contributed by atoms with E-state index in [-0.39, 0.29) is 0 Å². The van der Waals surface area contributed by atoms with Crippen molar-refractivity contribution < 1.29 is 14.0 Å². The van der Waals surface area contributed by atoms with E-state index in [4.69, 9.17) is 9.47 Å². The summed E-state index contributed by atoms with van der Waals surface area (Å²) in [6, 6.07) is 31.3. The Balaban J connectivity index is 1.55. The molecule has 0 aliphatic carbocycles. The molecule has 0 aromatic heterocycles. The first-order valence-corrected chi connectivity index (χ1v) is 10.8. The van der Waals surface area contributed by atoms with E-state index in [1.54, 1.807) is 0 Å². The van der Waals surface area contributed by atoms with Gasteiger partial charge >= 0.3 is 0 Å². The number of fused-ring (bicyclic) bond motifs is 5. The van der Waals surface area contributed by atoms with Crippen LogP contribution in [0.25, 0.3) is 21.5 Å². The van der Waals surface area contributed by atoms with Crippen LogP contribution in [0.2, 0.25) is 0 Å². The summed E-state index contributed by atoms with van der Waals surface area (Å²) < 4.78 is 26.0. The number of ether oxygens (including phenoxy) is 2. The fourth-order valence-electron chi connectivity index (χ4n) is 3.88. The van der Waals surface area contributed by atoms with Gasteiger partial charge in [0, 0.05) is 28.0 Å². The second kappa shape index (κ2) is 6.80. The van der Waals surface area contributed by atoms with Gasteiger partial charge in [-0.05, 0) is 41.1 Å². The van der Waals surface area contributed by atoms with E-state index in [0.717, 1.165) is 26.4 Å². The zero-order valence-corrected chi connectivity index (χ0v) is 16.7. The minimum absolute atomic E-state index is 0.579. The van der Waals surface area contributed by atoms with Crippen molar-refractivity contribution >= 4 is 32.7 Å². The fraction of sp³-hybridized carbons (Fsp3) is 0. The van der Waals surface area contributed by atoms with Crippen LogP contribution in [0.5, 0.6) is 23.0 Å². The van der Waals surface area contributed by atoms with Crippen LogP contribution in [0.3, 0.4) is 0 Å². The van der Waals surface area contributed by atoms with Crippen LogP contribution >= 0.6 is 0 Å². The highest BCUT2D eigenvalue weighted by molar-refractivity contribution is 7.91. The minimum atomic E-state index is -1.34. The molecule has 144 valence electrons. The summed E-state index contributed by atoms with van der Waals surface area (Å²) in [5.41, 5.74) is 0. The standard InChI is InChI=1S/C26H16O3S/c27-30(19-10-2-1-3-11-19)25-16-24-26(21-13-7-6-12-20(21)25)29-23-15-18-9-5-4-8-17(18)14-22(23)28-24/h1-16H. The lowest BCUT2D eigenvalue weighted by Gasteiger charge is -2.24. The molecule has 0 bridgehead atoms. The Morgan fingerprint density at radius 3 is 1.90 bits per heavy atom. The Morgan fingerprint density at radius 2 is 1.17 bits per heavy atom. The van der Waals surface area contributed by atoms with Crippen molar-refractivity contribution in [3.05, 3.63) is 97.1 Å². The average molecular weight is 408 g/mol. The molecule has 0 saturated heterocycles. The molecule has 5 aromatic rings. The molecule has 6 rings (SSSR count). The van der Waals surface area contributed by atoms with Gasteiger partial charge in [-0.2, -0.15) is 0 Å². The Bertz CT molecular complexity index is 1410. The van der Waals surface area contributed by atoms with E-state index < -0.39 is 11.2 Å². The molecule has 0 fully saturated rings. The van der Waals surface area contributed by atoms with Crippen molar-refractivity contribution in [2.45, 2.75) is 9.79 Å². The van der Waals surface area contributed by atoms with Gasteiger partial charge in [0.1, 0.15) is 0 Å².